The van der Waals surface area contributed by atoms with E-state index in [1.807, 2.05) is 32.0 Å². The molecule has 150 valence electrons. The summed E-state index contributed by atoms with van der Waals surface area (Å²) in [6.07, 6.45) is 1.64. The van der Waals surface area contributed by atoms with Crippen LogP contribution in [0.3, 0.4) is 0 Å². The Labute approximate surface area is 167 Å². The van der Waals surface area contributed by atoms with Gasteiger partial charge in [0, 0.05) is 24.5 Å². The molecule has 0 spiro atoms. The second kappa shape index (κ2) is 7.54. The highest BCUT2D eigenvalue weighted by Crippen LogP contribution is 2.31. The zero-order valence-corrected chi connectivity index (χ0v) is 16.3. The van der Waals surface area contributed by atoms with Crippen LogP contribution >= 0.6 is 0 Å². The monoisotopic (exact) mass is 395 g/mol. The lowest BCUT2D eigenvalue weighted by Crippen LogP contribution is -2.42. The Kier molecular flexibility index (Phi) is 4.92. The van der Waals surface area contributed by atoms with Crippen LogP contribution in [0.1, 0.15) is 13.8 Å². The fraction of sp³-hybridized carbons (Fsp3) is 0.286. The molecule has 0 aliphatic carbocycles. The minimum atomic E-state index is -0.373. The van der Waals surface area contributed by atoms with Gasteiger partial charge in [0.25, 0.3) is 0 Å². The predicted octanol–water partition coefficient (Wildman–Crippen LogP) is 2.93. The first-order chi connectivity index (χ1) is 14.0. The normalized spacial score (nSPS) is 14.3. The topological polar surface area (TPSA) is 70.5 Å². The number of hydrogen-bond donors (Lipinski definition) is 1. The van der Waals surface area contributed by atoms with E-state index < -0.39 is 0 Å². The number of rotatable bonds is 5. The van der Waals surface area contributed by atoms with Gasteiger partial charge in [0.2, 0.25) is 5.91 Å². The van der Waals surface area contributed by atoms with E-state index in [4.69, 9.17) is 0 Å². The van der Waals surface area contributed by atoms with Crippen molar-refractivity contribution in [3.63, 3.8) is 0 Å². The first-order valence-corrected chi connectivity index (χ1v) is 9.53. The average Bonchev–Trinajstić information content (AvgIpc) is 3.26. The Hall–Kier alpha value is -3.42. The molecule has 7 nitrogen and oxygen atoms in total. The molecule has 3 aromatic rings. The van der Waals surface area contributed by atoms with E-state index in [0.29, 0.717) is 30.0 Å². The molecule has 1 fully saturated rings. The number of urea groups is 1. The fourth-order valence-corrected chi connectivity index (χ4v) is 3.58. The molecule has 8 heteroatoms. The zero-order valence-electron chi connectivity index (χ0n) is 16.3. The lowest BCUT2D eigenvalue weighted by molar-refractivity contribution is -0.122. The Morgan fingerprint density at radius 3 is 2.66 bits per heavy atom. The third-order valence-electron chi connectivity index (χ3n) is 4.84. The number of hydrogen-bond acceptors (Lipinski definition) is 3. The molecule has 1 aromatic heterocycles. The molecular weight excluding hydrogens is 373 g/mol. The highest BCUT2D eigenvalue weighted by molar-refractivity contribution is 6.04. The smallest absolute Gasteiger partial charge is 0.325 e. The summed E-state index contributed by atoms with van der Waals surface area (Å²) in [5.74, 6) is -0.553. The number of carbonyl (C=O) groups is 2. The van der Waals surface area contributed by atoms with E-state index in [1.54, 1.807) is 29.3 Å². The van der Waals surface area contributed by atoms with Crippen LogP contribution in [0.25, 0.3) is 16.6 Å². The number of para-hydroxylation sites is 1. The van der Waals surface area contributed by atoms with Crippen molar-refractivity contribution in [2.45, 2.75) is 19.9 Å². The van der Waals surface area contributed by atoms with Crippen LogP contribution in [0, 0.1) is 5.82 Å². The SMILES string of the molecule is CC(C)NC(=O)CN1CCN(c2cccc3c2cnn3-c2ccccc2F)C1=O. The third-order valence-corrected chi connectivity index (χ3v) is 4.84. The number of anilines is 1. The minimum Gasteiger partial charge on any atom is -0.352 e. The number of halogens is 1. The average molecular weight is 395 g/mol. The van der Waals surface area contributed by atoms with Crippen molar-refractivity contribution >= 4 is 28.5 Å². The lowest BCUT2D eigenvalue weighted by Gasteiger charge is -2.19. The van der Waals surface area contributed by atoms with Gasteiger partial charge in [-0.2, -0.15) is 5.10 Å². The van der Waals surface area contributed by atoms with Gasteiger partial charge in [-0.15, -0.1) is 0 Å². The summed E-state index contributed by atoms with van der Waals surface area (Å²) in [5.41, 5.74) is 1.75. The summed E-state index contributed by atoms with van der Waals surface area (Å²) < 4.78 is 15.8. The number of amides is 3. The number of benzene rings is 2. The van der Waals surface area contributed by atoms with Crippen molar-refractivity contribution in [1.29, 1.82) is 0 Å². The molecule has 0 unspecified atom stereocenters. The maximum absolute atomic E-state index is 14.2. The van der Waals surface area contributed by atoms with Crippen LogP contribution in [0.2, 0.25) is 0 Å². The number of fused-ring (bicyclic) bond motifs is 1. The lowest BCUT2D eigenvalue weighted by atomic mass is 10.2. The summed E-state index contributed by atoms with van der Waals surface area (Å²) in [6, 6.07) is 11.7. The molecule has 1 aliphatic heterocycles. The van der Waals surface area contributed by atoms with Crippen LogP contribution < -0.4 is 10.2 Å². The van der Waals surface area contributed by atoms with Crippen molar-refractivity contribution in [3.05, 3.63) is 54.5 Å². The second-order valence-electron chi connectivity index (χ2n) is 7.30. The van der Waals surface area contributed by atoms with Gasteiger partial charge in [-0.05, 0) is 38.1 Å². The number of carbonyl (C=O) groups excluding carboxylic acids is 2. The van der Waals surface area contributed by atoms with Gasteiger partial charge in [0.15, 0.2) is 0 Å². The van der Waals surface area contributed by atoms with E-state index in [2.05, 4.69) is 10.4 Å². The maximum atomic E-state index is 14.2. The van der Waals surface area contributed by atoms with Gasteiger partial charge in [-0.3, -0.25) is 9.69 Å². The minimum absolute atomic E-state index is 0.0225. The van der Waals surface area contributed by atoms with E-state index in [-0.39, 0.29) is 30.3 Å². The molecular formula is C21H22FN5O2. The third kappa shape index (κ3) is 3.53. The maximum Gasteiger partial charge on any atom is 0.325 e. The fourth-order valence-electron chi connectivity index (χ4n) is 3.58. The van der Waals surface area contributed by atoms with Crippen LogP contribution in [-0.4, -0.2) is 52.3 Å². The molecule has 1 saturated heterocycles. The first kappa shape index (κ1) is 18.9. The van der Waals surface area contributed by atoms with Crippen LogP contribution in [0.5, 0.6) is 0 Å². The van der Waals surface area contributed by atoms with Crippen LogP contribution in [0.4, 0.5) is 14.9 Å². The standard InChI is InChI=1S/C21H22FN5O2/c1-14(2)24-20(28)13-25-10-11-26(21(25)29)17-8-5-9-18-15(17)12-23-27(18)19-7-4-3-6-16(19)22/h3-9,12,14H,10-11,13H2,1-2H3,(H,24,28). The van der Waals surface area contributed by atoms with E-state index in [0.717, 1.165) is 5.39 Å². The summed E-state index contributed by atoms with van der Waals surface area (Å²) in [4.78, 5) is 28.1. The summed E-state index contributed by atoms with van der Waals surface area (Å²) >= 11 is 0. The number of nitrogens with one attached hydrogen (secondary N) is 1. The van der Waals surface area contributed by atoms with Crippen LogP contribution in [-0.2, 0) is 4.79 Å². The highest BCUT2D eigenvalue weighted by Gasteiger charge is 2.32. The van der Waals surface area contributed by atoms with Gasteiger partial charge in [-0.1, -0.05) is 18.2 Å². The van der Waals surface area contributed by atoms with E-state index in [1.165, 1.54) is 15.6 Å². The second-order valence-corrected chi connectivity index (χ2v) is 7.30. The van der Waals surface area contributed by atoms with Crippen molar-refractivity contribution in [1.82, 2.24) is 20.0 Å². The van der Waals surface area contributed by atoms with Crippen molar-refractivity contribution in [2.75, 3.05) is 24.5 Å². The molecule has 0 saturated carbocycles. The van der Waals surface area contributed by atoms with Crippen molar-refractivity contribution in [2.24, 2.45) is 0 Å². The molecule has 1 N–H and O–H groups in total. The Balaban J connectivity index is 1.63. The Morgan fingerprint density at radius 2 is 1.90 bits per heavy atom. The molecule has 2 heterocycles. The molecule has 29 heavy (non-hydrogen) atoms. The van der Waals surface area contributed by atoms with Crippen LogP contribution in [0.15, 0.2) is 48.7 Å². The molecule has 0 bridgehead atoms. The molecule has 2 aromatic carbocycles. The van der Waals surface area contributed by atoms with Gasteiger partial charge in [0.1, 0.15) is 18.0 Å². The van der Waals surface area contributed by atoms with Gasteiger partial charge in [0.05, 0.1) is 17.4 Å². The summed E-state index contributed by atoms with van der Waals surface area (Å²) in [6.45, 7) is 4.71. The van der Waals surface area contributed by atoms with Crippen molar-refractivity contribution in [3.8, 4) is 5.69 Å². The van der Waals surface area contributed by atoms with E-state index in [9.17, 15) is 14.0 Å². The summed E-state index contributed by atoms with van der Waals surface area (Å²) in [7, 11) is 0. The Bertz CT molecular complexity index is 1080. The van der Waals surface area contributed by atoms with Gasteiger partial charge >= 0.3 is 6.03 Å². The van der Waals surface area contributed by atoms with Crippen molar-refractivity contribution < 1.29 is 14.0 Å². The number of nitrogens with zero attached hydrogens (tertiary/aromatic N) is 4. The largest absolute Gasteiger partial charge is 0.352 e. The van der Waals surface area contributed by atoms with Gasteiger partial charge < -0.3 is 10.2 Å². The molecule has 4 rings (SSSR count). The Morgan fingerprint density at radius 1 is 1.14 bits per heavy atom. The number of aromatic nitrogens is 2. The quantitative estimate of drug-likeness (QED) is 0.722. The van der Waals surface area contributed by atoms with Gasteiger partial charge in [-0.25, -0.2) is 13.9 Å². The molecule has 0 atom stereocenters. The molecule has 1 aliphatic rings. The molecule has 3 amide bonds. The van der Waals surface area contributed by atoms with E-state index >= 15 is 0 Å². The summed E-state index contributed by atoms with van der Waals surface area (Å²) in [5, 5.41) is 7.89. The predicted molar refractivity (Wildman–Crippen MR) is 109 cm³/mol. The zero-order chi connectivity index (χ0) is 20.5. The molecule has 0 radical (unpaired) electrons. The first-order valence-electron chi connectivity index (χ1n) is 9.53. The highest BCUT2D eigenvalue weighted by atomic mass is 19.1.